The number of nitrogens with one attached hydrogen (secondary N) is 2. The third-order valence-corrected chi connectivity index (χ3v) is 2.96. The lowest BCUT2D eigenvalue weighted by Crippen LogP contribution is -2.48. The van der Waals surface area contributed by atoms with Crippen LogP contribution in [-0.2, 0) is 14.4 Å². The Hall–Kier alpha value is -2.10. The molecular formula is C12H17N3O4. The van der Waals surface area contributed by atoms with Gasteiger partial charge in [-0.15, -0.1) is 0 Å². The standard InChI is InChI=1S/C12H17N3O4/c13-7-3-1-2-4-9(12(18)19)15-11(17)8-5-6-10(16)14-8/h8-9H,1-6H2,(H,14,16)(H,15,17)(H,18,19)/t8-,9-/m0/s1. The van der Waals surface area contributed by atoms with E-state index < -0.39 is 24.0 Å². The van der Waals surface area contributed by atoms with E-state index in [9.17, 15) is 14.4 Å². The van der Waals surface area contributed by atoms with Crippen molar-refractivity contribution in [3.05, 3.63) is 0 Å². The minimum absolute atomic E-state index is 0.193. The first-order valence-corrected chi connectivity index (χ1v) is 6.24. The van der Waals surface area contributed by atoms with Crippen molar-refractivity contribution in [3.8, 4) is 6.07 Å². The number of nitriles is 1. The van der Waals surface area contributed by atoms with E-state index in [1.165, 1.54) is 0 Å². The van der Waals surface area contributed by atoms with Gasteiger partial charge in [-0.1, -0.05) is 0 Å². The van der Waals surface area contributed by atoms with Crippen LogP contribution >= 0.6 is 0 Å². The fourth-order valence-corrected chi connectivity index (χ4v) is 1.89. The molecular weight excluding hydrogens is 250 g/mol. The third kappa shape index (κ3) is 4.95. The molecule has 19 heavy (non-hydrogen) atoms. The fourth-order valence-electron chi connectivity index (χ4n) is 1.89. The number of hydrogen-bond donors (Lipinski definition) is 3. The van der Waals surface area contributed by atoms with Gasteiger partial charge in [-0.3, -0.25) is 9.59 Å². The second-order valence-corrected chi connectivity index (χ2v) is 4.46. The van der Waals surface area contributed by atoms with Gasteiger partial charge < -0.3 is 15.7 Å². The fraction of sp³-hybridized carbons (Fsp3) is 0.667. The van der Waals surface area contributed by atoms with Crippen molar-refractivity contribution in [2.24, 2.45) is 0 Å². The molecule has 0 saturated carbocycles. The van der Waals surface area contributed by atoms with E-state index in [1.54, 1.807) is 0 Å². The van der Waals surface area contributed by atoms with E-state index in [4.69, 9.17) is 10.4 Å². The topological polar surface area (TPSA) is 119 Å². The molecule has 0 bridgehead atoms. The van der Waals surface area contributed by atoms with Crippen molar-refractivity contribution in [3.63, 3.8) is 0 Å². The smallest absolute Gasteiger partial charge is 0.326 e. The first-order valence-electron chi connectivity index (χ1n) is 6.24. The second-order valence-electron chi connectivity index (χ2n) is 4.46. The molecule has 3 N–H and O–H groups in total. The van der Waals surface area contributed by atoms with Gasteiger partial charge in [-0.05, 0) is 25.7 Å². The van der Waals surface area contributed by atoms with E-state index >= 15 is 0 Å². The highest BCUT2D eigenvalue weighted by Gasteiger charge is 2.30. The van der Waals surface area contributed by atoms with E-state index in [-0.39, 0.29) is 18.7 Å². The van der Waals surface area contributed by atoms with Gasteiger partial charge in [0.2, 0.25) is 11.8 Å². The Balaban J connectivity index is 2.40. The van der Waals surface area contributed by atoms with Crippen molar-refractivity contribution >= 4 is 17.8 Å². The summed E-state index contributed by atoms with van der Waals surface area (Å²) in [6.07, 6.45) is 2.50. The molecule has 0 radical (unpaired) electrons. The minimum atomic E-state index is -1.10. The molecule has 2 atom stereocenters. The number of carboxylic acid groups (broad SMARTS) is 1. The maximum absolute atomic E-state index is 11.8. The Morgan fingerprint density at radius 3 is 2.79 bits per heavy atom. The molecule has 7 nitrogen and oxygen atoms in total. The molecule has 0 aromatic carbocycles. The summed E-state index contributed by atoms with van der Waals surface area (Å²) in [5.41, 5.74) is 0. The van der Waals surface area contributed by atoms with Crippen molar-refractivity contribution in [1.29, 1.82) is 5.26 Å². The van der Waals surface area contributed by atoms with Gasteiger partial charge >= 0.3 is 5.97 Å². The average molecular weight is 267 g/mol. The number of rotatable bonds is 7. The van der Waals surface area contributed by atoms with Crippen LogP contribution in [0, 0.1) is 11.3 Å². The third-order valence-electron chi connectivity index (χ3n) is 2.96. The van der Waals surface area contributed by atoms with Crippen LogP contribution < -0.4 is 10.6 Å². The molecule has 0 aromatic rings. The molecule has 7 heteroatoms. The molecule has 2 amide bonds. The molecule has 1 fully saturated rings. The van der Waals surface area contributed by atoms with Gasteiger partial charge in [0.05, 0.1) is 6.07 Å². The SMILES string of the molecule is N#CCCCC[C@H](NC(=O)[C@@H]1CCC(=O)N1)C(=O)O. The first kappa shape index (κ1) is 15.0. The van der Waals surface area contributed by atoms with Gasteiger partial charge in [-0.25, -0.2) is 4.79 Å². The summed E-state index contributed by atoms with van der Waals surface area (Å²) in [5, 5.41) is 22.3. The zero-order valence-corrected chi connectivity index (χ0v) is 10.5. The van der Waals surface area contributed by atoms with Crippen molar-refractivity contribution in [2.75, 3.05) is 0 Å². The average Bonchev–Trinajstić information content (AvgIpc) is 2.79. The Morgan fingerprint density at radius 1 is 1.53 bits per heavy atom. The molecule has 1 heterocycles. The lowest BCUT2D eigenvalue weighted by Gasteiger charge is -2.17. The van der Waals surface area contributed by atoms with E-state index in [0.717, 1.165) is 0 Å². The van der Waals surface area contributed by atoms with Crippen molar-refractivity contribution in [2.45, 2.75) is 50.6 Å². The molecule has 0 spiro atoms. The summed E-state index contributed by atoms with van der Waals surface area (Å²) in [4.78, 5) is 33.7. The number of hydrogen-bond acceptors (Lipinski definition) is 4. The maximum Gasteiger partial charge on any atom is 0.326 e. The quantitative estimate of drug-likeness (QED) is 0.557. The van der Waals surface area contributed by atoms with E-state index in [2.05, 4.69) is 10.6 Å². The zero-order chi connectivity index (χ0) is 14.3. The summed E-state index contributed by atoms with van der Waals surface area (Å²) in [6, 6.07) is 0.379. The number of unbranched alkanes of at least 4 members (excludes halogenated alkanes) is 2. The van der Waals surface area contributed by atoms with Crippen molar-refractivity contribution < 1.29 is 19.5 Å². The number of carboxylic acids is 1. The Kier molecular flexibility index (Phi) is 5.79. The number of nitrogens with zero attached hydrogens (tertiary/aromatic N) is 1. The van der Waals surface area contributed by atoms with Gasteiger partial charge in [0.15, 0.2) is 0 Å². The normalized spacial score (nSPS) is 19.3. The predicted octanol–water partition coefficient (Wildman–Crippen LogP) is -0.0816. The molecule has 0 unspecified atom stereocenters. The zero-order valence-electron chi connectivity index (χ0n) is 10.5. The Labute approximate surface area is 111 Å². The highest BCUT2D eigenvalue weighted by Crippen LogP contribution is 2.08. The lowest BCUT2D eigenvalue weighted by molar-refractivity contribution is -0.142. The number of carbonyl (C=O) groups is 3. The van der Waals surface area contributed by atoms with Crippen LogP contribution in [0.4, 0.5) is 0 Å². The first-order chi connectivity index (χ1) is 9.04. The van der Waals surface area contributed by atoms with Crippen LogP contribution in [-0.4, -0.2) is 35.0 Å². The van der Waals surface area contributed by atoms with Crippen LogP contribution in [0.5, 0.6) is 0 Å². The van der Waals surface area contributed by atoms with Gasteiger partial charge in [0, 0.05) is 12.8 Å². The molecule has 1 aliphatic rings. The van der Waals surface area contributed by atoms with Crippen LogP contribution in [0.25, 0.3) is 0 Å². The number of carbonyl (C=O) groups excluding carboxylic acids is 2. The summed E-state index contributed by atoms with van der Waals surface area (Å²) < 4.78 is 0. The van der Waals surface area contributed by atoms with Crippen LogP contribution in [0.2, 0.25) is 0 Å². The summed E-state index contributed by atoms with van der Waals surface area (Å²) in [5.74, 6) is -1.76. The van der Waals surface area contributed by atoms with Crippen LogP contribution in [0.1, 0.15) is 38.5 Å². The summed E-state index contributed by atoms with van der Waals surface area (Å²) in [7, 11) is 0. The van der Waals surface area contributed by atoms with Crippen molar-refractivity contribution in [1.82, 2.24) is 10.6 Å². The highest BCUT2D eigenvalue weighted by atomic mass is 16.4. The minimum Gasteiger partial charge on any atom is -0.480 e. The van der Waals surface area contributed by atoms with Gasteiger partial charge in [0.25, 0.3) is 0 Å². The van der Waals surface area contributed by atoms with Gasteiger partial charge in [0.1, 0.15) is 12.1 Å². The van der Waals surface area contributed by atoms with E-state index in [1.807, 2.05) is 6.07 Å². The maximum atomic E-state index is 11.8. The number of aliphatic carboxylic acids is 1. The molecule has 104 valence electrons. The molecule has 1 saturated heterocycles. The largest absolute Gasteiger partial charge is 0.480 e. The second kappa shape index (κ2) is 7.36. The monoisotopic (exact) mass is 267 g/mol. The molecule has 0 aromatic heterocycles. The highest BCUT2D eigenvalue weighted by molar-refractivity contribution is 5.92. The predicted molar refractivity (Wildman–Crippen MR) is 64.8 cm³/mol. The lowest BCUT2D eigenvalue weighted by atomic mass is 10.1. The van der Waals surface area contributed by atoms with Crippen LogP contribution in [0.15, 0.2) is 0 Å². The summed E-state index contributed by atoms with van der Waals surface area (Å²) >= 11 is 0. The van der Waals surface area contributed by atoms with E-state index in [0.29, 0.717) is 25.7 Å². The Bertz CT molecular complexity index is 402. The van der Waals surface area contributed by atoms with Crippen LogP contribution in [0.3, 0.4) is 0 Å². The van der Waals surface area contributed by atoms with Gasteiger partial charge in [-0.2, -0.15) is 5.26 Å². The summed E-state index contributed by atoms with van der Waals surface area (Å²) in [6.45, 7) is 0. The Morgan fingerprint density at radius 2 is 2.26 bits per heavy atom. The number of amides is 2. The molecule has 1 aliphatic heterocycles. The molecule has 1 rings (SSSR count). The molecule has 0 aliphatic carbocycles.